The van der Waals surface area contributed by atoms with Gasteiger partial charge in [-0.25, -0.2) is 0 Å². The maximum atomic E-state index is 11.8. The van der Waals surface area contributed by atoms with Crippen LogP contribution in [0.25, 0.3) is 10.8 Å². The van der Waals surface area contributed by atoms with Crippen LogP contribution in [-0.2, 0) is 9.53 Å². The van der Waals surface area contributed by atoms with E-state index in [4.69, 9.17) is 9.26 Å². The third kappa shape index (κ3) is 2.66. The topological polar surface area (TPSA) is 77.2 Å². The molecule has 2 aromatic rings. The third-order valence-corrected chi connectivity index (χ3v) is 5.18. The van der Waals surface area contributed by atoms with Crippen molar-refractivity contribution >= 4 is 22.2 Å². The Kier molecular flexibility index (Phi) is 3.46. The largest absolute Gasteiger partial charge is 0.381 e. The fourth-order valence-electron chi connectivity index (χ4n) is 2.56. The van der Waals surface area contributed by atoms with Crippen LogP contribution in [0.1, 0.15) is 36.6 Å². The summed E-state index contributed by atoms with van der Waals surface area (Å²) >= 11 is 1.48. The molecule has 1 unspecified atom stereocenters. The molecule has 4 rings (SSSR count). The van der Waals surface area contributed by atoms with Gasteiger partial charge < -0.3 is 14.6 Å². The Hall–Kier alpha value is -1.73. The highest BCUT2D eigenvalue weighted by Gasteiger charge is 2.30. The molecule has 0 radical (unpaired) electrons. The average molecular weight is 319 g/mol. The van der Waals surface area contributed by atoms with Crippen LogP contribution in [-0.4, -0.2) is 29.3 Å². The van der Waals surface area contributed by atoms with Crippen molar-refractivity contribution in [2.24, 2.45) is 5.92 Å². The molecule has 2 aromatic heterocycles. The highest BCUT2D eigenvalue weighted by atomic mass is 32.1. The average Bonchev–Trinajstić information content (AvgIpc) is 2.91. The number of hydrogen-bond donors (Lipinski definition) is 1. The van der Waals surface area contributed by atoms with Gasteiger partial charge in [-0.15, -0.1) is 11.3 Å². The molecule has 1 atom stereocenters. The van der Waals surface area contributed by atoms with E-state index in [1.54, 1.807) is 0 Å². The Labute approximate surface area is 131 Å². The zero-order valence-corrected chi connectivity index (χ0v) is 13.1. The van der Waals surface area contributed by atoms with Crippen molar-refractivity contribution in [3.05, 3.63) is 17.5 Å². The fraction of sp³-hybridized carbons (Fsp3) is 0.533. The zero-order chi connectivity index (χ0) is 15.1. The minimum absolute atomic E-state index is 0.113. The molecule has 2 aliphatic rings. The Morgan fingerprint density at radius 2 is 2.27 bits per heavy atom. The number of aromatic nitrogens is 2. The molecule has 1 N–H and O–H groups in total. The Balaban J connectivity index is 1.54. The van der Waals surface area contributed by atoms with Gasteiger partial charge in [0.2, 0.25) is 5.91 Å². The van der Waals surface area contributed by atoms with Gasteiger partial charge in [0.1, 0.15) is 0 Å². The van der Waals surface area contributed by atoms with E-state index in [-0.39, 0.29) is 17.7 Å². The molecule has 2 fully saturated rings. The quantitative estimate of drug-likeness (QED) is 0.937. The van der Waals surface area contributed by atoms with Gasteiger partial charge >= 0.3 is 0 Å². The second-order valence-electron chi connectivity index (χ2n) is 5.90. The van der Waals surface area contributed by atoms with E-state index in [2.05, 4.69) is 15.5 Å². The number of carbonyl (C=O) groups is 1. The van der Waals surface area contributed by atoms with Crippen molar-refractivity contribution in [3.63, 3.8) is 0 Å². The number of amides is 1. The van der Waals surface area contributed by atoms with E-state index < -0.39 is 0 Å². The molecule has 0 spiro atoms. The molecule has 7 heteroatoms. The summed E-state index contributed by atoms with van der Waals surface area (Å²) in [5.74, 6) is 1.78. The van der Waals surface area contributed by atoms with Crippen LogP contribution in [0, 0.1) is 12.8 Å². The lowest BCUT2D eigenvalue weighted by Crippen LogP contribution is -2.11. The van der Waals surface area contributed by atoms with Gasteiger partial charge in [0.05, 0.1) is 16.5 Å². The molecule has 116 valence electrons. The summed E-state index contributed by atoms with van der Waals surface area (Å²) in [5, 5.41) is 7.88. The molecule has 1 saturated carbocycles. The number of thiophene rings is 1. The first-order valence-electron chi connectivity index (χ1n) is 7.53. The Bertz CT molecular complexity index is 699. The van der Waals surface area contributed by atoms with Crippen molar-refractivity contribution < 1.29 is 14.1 Å². The second kappa shape index (κ2) is 5.48. The number of anilines is 1. The predicted octanol–water partition coefficient (Wildman–Crippen LogP) is 2.96. The molecule has 6 nitrogen and oxygen atoms in total. The molecule has 22 heavy (non-hydrogen) atoms. The maximum absolute atomic E-state index is 11.8. The van der Waals surface area contributed by atoms with Gasteiger partial charge in [0, 0.05) is 18.4 Å². The Morgan fingerprint density at radius 3 is 3.00 bits per heavy atom. The second-order valence-corrected chi connectivity index (χ2v) is 6.96. The molecule has 0 aromatic carbocycles. The van der Waals surface area contributed by atoms with Gasteiger partial charge in [0.15, 0.2) is 5.82 Å². The van der Waals surface area contributed by atoms with Gasteiger partial charge in [-0.1, -0.05) is 5.16 Å². The number of hydrogen-bond acceptors (Lipinski definition) is 6. The number of rotatable bonds is 4. The van der Waals surface area contributed by atoms with Gasteiger partial charge in [-0.05, 0) is 37.8 Å². The first kappa shape index (κ1) is 13.9. The van der Waals surface area contributed by atoms with Gasteiger partial charge in [-0.2, -0.15) is 4.98 Å². The molecule has 3 heterocycles. The summed E-state index contributed by atoms with van der Waals surface area (Å²) in [7, 11) is 0. The molecular formula is C15H17N3O3S. The fourth-order valence-corrected chi connectivity index (χ4v) is 3.55. The highest BCUT2D eigenvalue weighted by Crippen LogP contribution is 2.37. The number of carbonyl (C=O) groups excluding carboxylic acids is 1. The zero-order valence-electron chi connectivity index (χ0n) is 12.3. The standard InChI is InChI=1S/C15H17N3O3S/c1-8-6-11(16-14(19)9-2-3-9)22-12(8)15-17-13(18-21-15)10-4-5-20-7-10/h6,9-10H,2-5,7H2,1H3,(H,16,19). The van der Waals surface area contributed by atoms with Crippen molar-refractivity contribution in [3.8, 4) is 10.8 Å². The summed E-state index contributed by atoms with van der Waals surface area (Å²) in [6.07, 6.45) is 2.93. The van der Waals surface area contributed by atoms with E-state index in [0.717, 1.165) is 41.3 Å². The summed E-state index contributed by atoms with van der Waals surface area (Å²) < 4.78 is 10.8. The molecular weight excluding hydrogens is 302 g/mol. The van der Waals surface area contributed by atoms with Crippen molar-refractivity contribution in [2.75, 3.05) is 18.5 Å². The van der Waals surface area contributed by atoms with Crippen LogP contribution in [0.3, 0.4) is 0 Å². The summed E-state index contributed by atoms with van der Waals surface area (Å²) in [5.41, 5.74) is 1.04. The van der Waals surface area contributed by atoms with Crippen molar-refractivity contribution in [1.82, 2.24) is 10.1 Å². The minimum Gasteiger partial charge on any atom is -0.381 e. The van der Waals surface area contributed by atoms with Gasteiger partial charge in [-0.3, -0.25) is 4.79 Å². The molecule has 1 amide bonds. The van der Waals surface area contributed by atoms with Gasteiger partial charge in [0.25, 0.3) is 5.89 Å². The summed E-state index contributed by atoms with van der Waals surface area (Å²) in [6.45, 7) is 3.40. The number of nitrogens with one attached hydrogen (secondary N) is 1. The number of aryl methyl sites for hydroxylation is 1. The van der Waals surface area contributed by atoms with E-state index >= 15 is 0 Å². The lowest BCUT2D eigenvalue weighted by atomic mass is 10.1. The highest BCUT2D eigenvalue weighted by molar-refractivity contribution is 7.19. The van der Waals surface area contributed by atoms with Crippen LogP contribution in [0.15, 0.2) is 10.6 Å². The van der Waals surface area contributed by atoms with Crippen LogP contribution < -0.4 is 5.32 Å². The van der Waals surface area contributed by atoms with Crippen molar-refractivity contribution in [2.45, 2.75) is 32.1 Å². The van der Waals surface area contributed by atoms with Crippen LogP contribution in [0.5, 0.6) is 0 Å². The van der Waals surface area contributed by atoms with E-state index in [9.17, 15) is 4.79 Å². The lowest BCUT2D eigenvalue weighted by molar-refractivity contribution is -0.117. The molecule has 0 bridgehead atoms. The molecule has 1 aliphatic carbocycles. The lowest BCUT2D eigenvalue weighted by Gasteiger charge is -1.98. The van der Waals surface area contributed by atoms with Crippen molar-refractivity contribution in [1.29, 1.82) is 0 Å². The van der Waals surface area contributed by atoms with Crippen LogP contribution in [0.2, 0.25) is 0 Å². The minimum atomic E-state index is 0.113. The third-order valence-electron chi connectivity index (χ3n) is 4.04. The molecule has 1 aliphatic heterocycles. The number of ether oxygens (including phenoxy) is 1. The van der Waals surface area contributed by atoms with E-state index in [1.807, 2.05) is 13.0 Å². The molecule has 1 saturated heterocycles. The van der Waals surface area contributed by atoms with Crippen LogP contribution in [0.4, 0.5) is 5.00 Å². The smallest absolute Gasteiger partial charge is 0.268 e. The maximum Gasteiger partial charge on any atom is 0.268 e. The summed E-state index contributed by atoms with van der Waals surface area (Å²) in [4.78, 5) is 17.3. The first-order chi connectivity index (χ1) is 10.7. The van der Waals surface area contributed by atoms with E-state index in [1.165, 1.54) is 11.3 Å². The van der Waals surface area contributed by atoms with E-state index in [0.29, 0.717) is 18.3 Å². The monoisotopic (exact) mass is 319 g/mol. The number of nitrogens with zero attached hydrogens (tertiary/aromatic N) is 2. The normalized spacial score (nSPS) is 21.2. The van der Waals surface area contributed by atoms with Crippen LogP contribution >= 0.6 is 11.3 Å². The summed E-state index contributed by atoms with van der Waals surface area (Å²) in [6, 6.07) is 1.96. The Morgan fingerprint density at radius 1 is 1.41 bits per heavy atom. The SMILES string of the molecule is Cc1cc(NC(=O)C2CC2)sc1-c1nc(C2CCOC2)no1. The predicted molar refractivity (Wildman–Crippen MR) is 81.9 cm³/mol. The first-order valence-corrected chi connectivity index (χ1v) is 8.35.